The van der Waals surface area contributed by atoms with Gasteiger partial charge in [-0.3, -0.25) is 4.90 Å². The summed E-state index contributed by atoms with van der Waals surface area (Å²) in [7, 11) is 0. The van der Waals surface area contributed by atoms with E-state index in [2.05, 4.69) is 34.7 Å². The normalized spacial score (nSPS) is 10.9. The Balaban J connectivity index is 2.56. The Morgan fingerprint density at radius 3 is 2.33 bits per heavy atom. The van der Waals surface area contributed by atoms with Crippen LogP contribution in [0, 0.1) is 3.57 Å². The molecule has 0 aromatic heterocycles. The van der Waals surface area contributed by atoms with Gasteiger partial charge in [0.2, 0.25) is 0 Å². The molecule has 1 rings (SSSR count). The molecule has 0 radical (unpaired) electrons. The Bertz CT molecular complexity index is 288. The summed E-state index contributed by atoms with van der Waals surface area (Å²) in [6.45, 7) is 2.24. The van der Waals surface area contributed by atoms with Crippen LogP contribution in [0.25, 0.3) is 0 Å². The van der Waals surface area contributed by atoms with Crippen molar-refractivity contribution in [3.05, 3.63) is 33.4 Å². The molecule has 84 valence electrons. The molecular weight excluding hydrogens is 305 g/mol. The molecule has 0 bridgehead atoms. The number of rotatable bonds is 6. The molecule has 15 heavy (non-hydrogen) atoms. The van der Waals surface area contributed by atoms with E-state index in [1.807, 2.05) is 17.0 Å². The zero-order chi connectivity index (χ0) is 11.1. The largest absolute Gasteiger partial charge is 0.395 e. The van der Waals surface area contributed by atoms with E-state index in [9.17, 15) is 0 Å². The smallest absolute Gasteiger partial charge is 0.0558 e. The summed E-state index contributed by atoms with van der Waals surface area (Å²) < 4.78 is 1.21. The van der Waals surface area contributed by atoms with Crippen LogP contribution in [0.3, 0.4) is 0 Å². The van der Waals surface area contributed by atoms with Gasteiger partial charge in [0.25, 0.3) is 0 Å². The van der Waals surface area contributed by atoms with Crippen LogP contribution in [0.2, 0.25) is 0 Å². The highest BCUT2D eigenvalue weighted by Gasteiger charge is 2.04. The van der Waals surface area contributed by atoms with Gasteiger partial charge in [0.05, 0.1) is 13.2 Å². The van der Waals surface area contributed by atoms with Crippen molar-refractivity contribution >= 4 is 22.6 Å². The fourth-order valence-electron chi connectivity index (χ4n) is 1.45. The van der Waals surface area contributed by atoms with Crippen molar-refractivity contribution in [3.63, 3.8) is 0 Å². The van der Waals surface area contributed by atoms with Crippen molar-refractivity contribution in [1.82, 2.24) is 4.90 Å². The lowest BCUT2D eigenvalue weighted by Crippen LogP contribution is -2.29. The minimum Gasteiger partial charge on any atom is -0.395 e. The number of aliphatic hydroxyl groups is 2. The van der Waals surface area contributed by atoms with Crippen LogP contribution in [0.1, 0.15) is 5.56 Å². The molecule has 0 fully saturated rings. The maximum absolute atomic E-state index is 8.87. The average Bonchev–Trinajstić information content (AvgIpc) is 2.18. The van der Waals surface area contributed by atoms with Gasteiger partial charge in [-0.2, -0.15) is 0 Å². The molecule has 2 N–H and O–H groups in total. The molecule has 1 aromatic carbocycles. The van der Waals surface area contributed by atoms with Crippen LogP contribution in [-0.4, -0.2) is 41.4 Å². The number of hydrogen-bond donors (Lipinski definition) is 2. The van der Waals surface area contributed by atoms with E-state index in [1.165, 1.54) is 9.13 Å². The zero-order valence-electron chi connectivity index (χ0n) is 8.56. The minimum absolute atomic E-state index is 0.129. The van der Waals surface area contributed by atoms with Gasteiger partial charge in [0.15, 0.2) is 0 Å². The predicted octanol–water partition coefficient (Wildman–Crippen LogP) is 1.08. The van der Waals surface area contributed by atoms with Crippen LogP contribution >= 0.6 is 22.6 Å². The number of hydrogen-bond acceptors (Lipinski definition) is 3. The summed E-state index contributed by atoms with van der Waals surface area (Å²) in [5.74, 6) is 0. The van der Waals surface area contributed by atoms with Gasteiger partial charge in [0, 0.05) is 23.2 Å². The quantitative estimate of drug-likeness (QED) is 0.771. The van der Waals surface area contributed by atoms with Crippen molar-refractivity contribution in [2.24, 2.45) is 0 Å². The molecule has 1 aromatic rings. The third-order valence-corrected chi connectivity index (χ3v) is 2.80. The van der Waals surface area contributed by atoms with Gasteiger partial charge in [-0.1, -0.05) is 12.1 Å². The lowest BCUT2D eigenvalue weighted by molar-refractivity contribution is 0.156. The second kappa shape index (κ2) is 7.16. The Morgan fingerprint density at radius 1 is 1.13 bits per heavy atom. The second-order valence-electron chi connectivity index (χ2n) is 3.35. The Kier molecular flexibility index (Phi) is 6.16. The number of nitrogens with zero attached hydrogens (tertiary/aromatic N) is 1. The van der Waals surface area contributed by atoms with Crippen molar-refractivity contribution in [2.45, 2.75) is 6.54 Å². The van der Waals surface area contributed by atoms with Crippen molar-refractivity contribution in [3.8, 4) is 0 Å². The molecule has 0 spiro atoms. The molecule has 4 heteroatoms. The Hall–Kier alpha value is -0.170. The summed E-state index contributed by atoms with van der Waals surface area (Å²) in [4.78, 5) is 2.03. The topological polar surface area (TPSA) is 43.7 Å². The van der Waals surface area contributed by atoms with E-state index in [-0.39, 0.29) is 13.2 Å². The molecule has 0 saturated heterocycles. The number of aliphatic hydroxyl groups excluding tert-OH is 2. The molecule has 0 amide bonds. The zero-order valence-corrected chi connectivity index (χ0v) is 10.7. The van der Waals surface area contributed by atoms with Gasteiger partial charge >= 0.3 is 0 Å². The maximum atomic E-state index is 8.87. The molecule has 0 aliphatic carbocycles. The molecule has 0 aliphatic heterocycles. The van der Waals surface area contributed by atoms with Crippen LogP contribution < -0.4 is 0 Å². The highest BCUT2D eigenvalue weighted by atomic mass is 127. The monoisotopic (exact) mass is 321 g/mol. The summed E-state index contributed by atoms with van der Waals surface area (Å²) >= 11 is 2.28. The summed E-state index contributed by atoms with van der Waals surface area (Å²) in [6.07, 6.45) is 0. The van der Waals surface area contributed by atoms with Crippen LogP contribution in [0.4, 0.5) is 0 Å². The van der Waals surface area contributed by atoms with Gasteiger partial charge in [0.1, 0.15) is 0 Å². The molecule has 0 unspecified atom stereocenters. The van der Waals surface area contributed by atoms with Crippen molar-refractivity contribution in [1.29, 1.82) is 0 Å². The fourth-order valence-corrected chi connectivity index (χ4v) is 2.05. The Labute approximate surface area is 104 Å². The predicted molar refractivity (Wildman–Crippen MR) is 68.6 cm³/mol. The molecule has 3 nitrogen and oxygen atoms in total. The lowest BCUT2D eigenvalue weighted by Gasteiger charge is -2.20. The first-order chi connectivity index (χ1) is 7.26. The van der Waals surface area contributed by atoms with E-state index < -0.39 is 0 Å². The van der Waals surface area contributed by atoms with E-state index in [0.29, 0.717) is 13.1 Å². The maximum Gasteiger partial charge on any atom is 0.0558 e. The highest BCUT2D eigenvalue weighted by molar-refractivity contribution is 14.1. The average molecular weight is 321 g/mol. The first-order valence-corrected chi connectivity index (χ1v) is 6.02. The summed E-state index contributed by atoms with van der Waals surface area (Å²) in [5.41, 5.74) is 1.21. The van der Waals surface area contributed by atoms with Crippen LogP contribution in [0.15, 0.2) is 24.3 Å². The first-order valence-electron chi connectivity index (χ1n) is 4.95. The van der Waals surface area contributed by atoms with E-state index in [0.717, 1.165) is 6.54 Å². The number of benzene rings is 1. The summed E-state index contributed by atoms with van der Waals surface area (Å²) in [5, 5.41) is 17.7. The molecule has 0 atom stereocenters. The molecular formula is C11H16INO2. The van der Waals surface area contributed by atoms with E-state index >= 15 is 0 Å². The fraction of sp³-hybridized carbons (Fsp3) is 0.455. The number of halogens is 1. The van der Waals surface area contributed by atoms with Gasteiger partial charge in [-0.15, -0.1) is 0 Å². The first kappa shape index (κ1) is 12.9. The van der Waals surface area contributed by atoms with Crippen LogP contribution in [-0.2, 0) is 6.54 Å². The SMILES string of the molecule is OCCN(CCO)Cc1cccc(I)c1. The van der Waals surface area contributed by atoms with Crippen molar-refractivity contribution < 1.29 is 10.2 Å². The lowest BCUT2D eigenvalue weighted by atomic mass is 10.2. The highest BCUT2D eigenvalue weighted by Crippen LogP contribution is 2.09. The molecule has 0 saturated carbocycles. The van der Waals surface area contributed by atoms with E-state index in [4.69, 9.17) is 10.2 Å². The standard InChI is InChI=1S/C11H16INO2/c12-11-3-1-2-10(8-11)9-13(4-6-14)5-7-15/h1-3,8,14-15H,4-7,9H2. The Morgan fingerprint density at radius 2 is 1.80 bits per heavy atom. The molecule has 0 heterocycles. The third-order valence-electron chi connectivity index (χ3n) is 2.13. The van der Waals surface area contributed by atoms with Crippen molar-refractivity contribution in [2.75, 3.05) is 26.3 Å². The van der Waals surface area contributed by atoms with Gasteiger partial charge in [-0.25, -0.2) is 0 Å². The van der Waals surface area contributed by atoms with E-state index in [1.54, 1.807) is 0 Å². The summed E-state index contributed by atoms with van der Waals surface area (Å²) in [6, 6.07) is 8.24. The molecule has 0 aliphatic rings. The second-order valence-corrected chi connectivity index (χ2v) is 4.60. The van der Waals surface area contributed by atoms with Gasteiger partial charge < -0.3 is 10.2 Å². The van der Waals surface area contributed by atoms with Gasteiger partial charge in [-0.05, 0) is 40.3 Å². The minimum atomic E-state index is 0.129. The van der Waals surface area contributed by atoms with Crippen LogP contribution in [0.5, 0.6) is 0 Å². The third kappa shape index (κ3) is 4.92.